The molecular weight excluding hydrogens is 349 g/mol. The Hall–Kier alpha value is -3.66. The molecule has 1 amide bonds. The summed E-state index contributed by atoms with van der Waals surface area (Å²) in [4.78, 5) is 12.3. The number of nitriles is 1. The second-order valence-electron chi connectivity index (χ2n) is 5.86. The van der Waals surface area contributed by atoms with Gasteiger partial charge in [-0.15, -0.1) is 0 Å². The molecule has 0 radical (unpaired) electrons. The Morgan fingerprint density at radius 1 is 1.26 bits per heavy atom. The van der Waals surface area contributed by atoms with E-state index >= 15 is 0 Å². The van der Waals surface area contributed by atoms with Gasteiger partial charge in [0, 0.05) is 11.1 Å². The zero-order valence-electron chi connectivity index (χ0n) is 14.7. The zero-order chi connectivity index (χ0) is 19.4. The van der Waals surface area contributed by atoms with E-state index in [0.29, 0.717) is 28.3 Å². The van der Waals surface area contributed by atoms with Crippen LogP contribution in [0.3, 0.4) is 0 Å². The van der Waals surface area contributed by atoms with Crippen LogP contribution in [0.1, 0.15) is 29.8 Å². The van der Waals surface area contributed by atoms with Crippen LogP contribution in [0.4, 0.5) is 14.9 Å². The molecule has 1 aromatic heterocycles. The van der Waals surface area contributed by atoms with E-state index < -0.39 is 18.0 Å². The summed E-state index contributed by atoms with van der Waals surface area (Å²) in [6.07, 6.45) is -1.53. The van der Waals surface area contributed by atoms with Crippen molar-refractivity contribution in [2.24, 2.45) is 0 Å². The van der Waals surface area contributed by atoms with Crippen molar-refractivity contribution in [3.8, 4) is 17.4 Å². The van der Waals surface area contributed by atoms with Gasteiger partial charge in [-0.25, -0.2) is 9.18 Å². The highest BCUT2D eigenvalue weighted by Crippen LogP contribution is 2.31. The molecule has 1 atom stereocenters. The van der Waals surface area contributed by atoms with Crippen molar-refractivity contribution in [1.82, 2.24) is 5.16 Å². The average Bonchev–Trinajstić information content (AvgIpc) is 3.02. The molecule has 27 heavy (non-hydrogen) atoms. The first kappa shape index (κ1) is 18.1. The van der Waals surface area contributed by atoms with E-state index in [9.17, 15) is 9.18 Å². The number of hydrogen-bond donors (Lipinski definition) is 1. The van der Waals surface area contributed by atoms with E-state index in [2.05, 4.69) is 10.5 Å². The predicted octanol–water partition coefficient (Wildman–Crippen LogP) is 4.97. The van der Waals surface area contributed by atoms with Gasteiger partial charge in [-0.2, -0.15) is 5.26 Å². The Balaban J connectivity index is 1.77. The topological polar surface area (TPSA) is 88.2 Å². The van der Waals surface area contributed by atoms with Crippen molar-refractivity contribution in [2.45, 2.75) is 20.0 Å². The summed E-state index contributed by atoms with van der Waals surface area (Å²) >= 11 is 0. The third-order valence-electron chi connectivity index (χ3n) is 3.99. The molecule has 0 saturated heterocycles. The molecule has 3 rings (SSSR count). The summed E-state index contributed by atoms with van der Waals surface area (Å²) in [5.74, 6) is -0.107. The van der Waals surface area contributed by atoms with E-state index in [0.717, 1.165) is 0 Å². The maximum Gasteiger partial charge on any atom is 0.412 e. The van der Waals surface area contributed by atoms with Crippen LogP contribution in [0.5, 0.6) is 0 Å². The molecular formula is C20H16FN3O3. The van der Waals surface area contributed by atoms with Gasteiger partial charge >= 0.3 is 6.09 Å². The van der Waals surface area contributed by atoms with Crippen molar-refractivity contribution in [3.05, 3.63) is 71.2 Å². The summed E-state index contributed by atoms with van der Waals surface area (Å²) in [6, 6.07) is 14.8. The minimum absolute atomic E-state index is 0.280. The van der Waals surface area contributed by atoms with Crippen LogP contribution in [0.25, 0.3) is 11.3 Å². The molecule has 0 bridgehead atoms. The Morgan fingerprint density at radius 2 is 1.96 bits per heavy atom. The SMILES string of the molecule is Cc1noc(-c2ccc(C#N)cc2)c1NC(=O)O[C@H](C)c1ccccc1F. The summed E-state index contributed by atoms with van der Waals surface area (Å²) in [7, 11) is 0. The number of nitrogens with zero attached hydrogens (tertiary/aromatic N) is 2. The van der Waals surface area contributed by atoms with Gasteiger partial charge < -0.3 is 9.26 Å². The smallest absolute Gasteiger partial charge is 0.412 e. The van der Waals surface area contributed by atoms with Gasteiger partial charge in [0.25, 0.3) is 0 Å². The fourth-order valence-electron chi connectivity index (χ4n) is 2.57. The quantitative estimate of drug-likeness (QED) is 0.705. The van der Waals surface area contributed by atoms with Gasteiger partial charge in [0.1, 0.15) is 23.3 Å². The van der Waals surface area contributed by atoms with E-state index in [1.165, 1.54) is 6.07 Å². The number of carbonyl (C=O) groups is 1. The highest BCUT2D eigenvalue weighted by molar-refractivity contribution is 5.90. The van der Waals surface area contributed by atoms with Crippen molar-refractivity contribution >= 4 is 11.8 Å². The molecule has 0 saturated carbocycles. The zero-order valence-corrected chi connectivity index (χ0v) is 14.7. The molecule has 0 aliphatic rings. The number of rotatable bonds is 4. The van der Waals surface area contributed by atoms with Gasteiger partial charge in [-0.1, -0.05) is 23.4 Å². The minimum Gasteiger partial charge on any atom is -0.441 e. The standard InChI is InChI=1S/C20H16FN3O3/c1-12-18(19(27-24-12)15-9-7-14(11-22)8-10-15)23-20(25)26-13(2)16-5-3-4-6-17(16)21/h3-10,13H,1-2H3,(H,23,25)/t13-/m1/s1. The first-order valence-electron chi connectivity index (χ1n) is 8.18. The van der Waals surface area contributed by atoms with Crippen LogP contribution in [0, 0.1) is 24.1 Å². The number of carbonyl (C=O) groups excluding carboxylic acids is 1. The van der Waals surface area contributed by atoms with E-state index in [1.807, 2.05) is 6.07 Å². The predicted molar refractivity (Wildman–Crippen MR) is 96.3 cm³/mol. The van der Waals surface area contributed by atoms with Gasteiger partial charge in [-0.05, 0) is 44.2 Å². The fourth-order valence-corrected chi connectivity index (χ4v) is 2.57. The summed E-state index contributed by atoms with van der Waals surface area (Å²) < 4.78 is 24.4. The maximum absolute atomic E-state index is 13.8. The second-order valence-corrected chi connectivity index (χ2v) is 5.86. The molecule has 1 N–H and O–H groups in total. The summed E-state index contributed by atoms with van der Waals surface area (Å²) in [5.41, 5.74) is 2.24. The largest absolute Gasteiger partial charge is 0.441 e. The van der Waals surface area contributed by atoms with Gasteiger partial charge in [-0.3, -0.25) is 5.32 Å². The molecule has 3 aromatic rings. The lowest BCUT2D eigenvalue weighted by molar-refractivity contribution is 0.119. The van der Waals surface area contributed by atoms with Crippen LogP contribution < -0.4 is 5.32 Å². The highest BCUT2D eigenvalue weighted by Gasteiger charge is 2.20. The first-order chi connectivity index (χ1) is 13.0. The summed E-state index contributed by atoms with van der Waals surface area (Å²) in [5, 5.41) is 15.4. The number of hydrogen-bond acceptors (Lipinski definition) is 5. The minimum atomic E-state index is -0.773. The number of halogens is 1. The van der Waals surface area contributed by atoms with Crippen LogP contribution in [-0.2, 0) is 4.74 Å². The van der Waals surface area contributed by atoms with Gasteiger partial charge in [0.2, 0.25) is 0 Å². The normalized spacial score (nSPS) is 11.5. The number of benzene rings is 2. The molecule has 0 aliphatic carbocycles. The molecule has 2 aromatic carbocycles. The number of amides is 1. The third-order valence-corrected chi connectivity index (χ3v) is 3.99. The Bertz CT molecular complexity index is 1010. The van der Waals surface area contributed by atoms with Gasteiger partial charge in [0.05, 0.1) is 11.6 Å². The summed E-state index contributed by atoms with van der Waals surface area (Å²) in [6.45, 7) is 3.26. The molecule has 6 nitrogen and oxygen atoms in total. The number of ether oxygens (including phenoxy) is 1. The first-order valence-corrected chi connectivity index (χ1v) is 8.18. The van der Waals surface area contributed by atoms with Crippen molar-refractivity contribution in [1.29, 1.82) is 5.26 Å². The second kappa shape index (κ2) is 7.70. The van der Waals surface area contributed by atoms with E-state index in [4.69, 9.17) is 14.5 Å². The van der Waals surface area contributed by atoms with Gasteiger partial charge in [0.15, 0.2) is 5.76 Å². The number of anilines is 1. The van der Waals surface area contributed by atoms with E-state index in [-0.39, 0.29) is 5.56 Å². The monoisotopic (exact) mass is 365 g/mol. The maximum atomic E-state index is 13.8. The van der Waals surface area contributed by atoms with Crippen molar-refractivity contribution in [2.75, 3.05) is 5.32 Å². The van der Waals surface area contributed by atoms with Crippen LogP contribution in [0.15, 0.2) is 53.1 Å². The Labute approximate surface area is 155 Å². The van der Waals surface area contributed by atoms with Crippen LogP contribution in [0.2, 0.25) is 0 Å². The van der Waals surface area contributed by atoms with Crippen LogP contribution in [-0.4, -0.2) is 11.2 Å². The van der Waals surface area contributed by atoms with E-state index in [1.54, 1.807) is 56.3 Å². The van der Waals surface area contributed by atoms with Crippen molar-refractivity contribution < 1.29 is 18.4 Å². The van der Waals surface area contributed by atoms with Crippen molar-refractivity contribution in [3.63, 3.8) is 0 Å². The number of nitrogens with one attached hydrogen (secondary N) is 1. The molecule has 0 spiro atoms. The molecule has 0 fully saturated rings. The number of aromatic nitrogens is 1. The Kier molecular flexibility index (Phi) is 5.18. The molecule has 1 heterocycles. The molecule has 0 unspecified atom stereocenters. The average molecular weight is 365 g/mol. The molecule has 0 aliphatic heterocycles. The molecule has 7 heteroatoms. The lowest BCUT2D eigenvalue weighted by atomic mass is 10.1. The number of aryl methyl sites for hydroxylation is 1. The molecule has 136 valence electrons. The Morgan fingerprint density at radius 3 is 2.63 bits per heavy atom. The van der Waals surface area contributed by atoms with Crippen LogP contribution >= 0.6 is 0 Å². The lowest BCUT2D eigenvalue weighted by Crippen LogP contribution is -2.17. The lowest BCUT2D eigenvalue weighted by Gasteiger charge is -2.15. The highest BCUT2D eigenvalue weighted by atomic mass is 19.1. The third kappa shape index (κ3) is 3.96. The fraction of sp³-hybridized carbons (Fsp3) is 0.150.